The summed E-state index contributed by atoms with van der Waals surface area (Å²) in [6, 6.07) is 10.5. The van der Waals surface area contributed by atoms with E-state index in [4.69, 9.17) is 11.1 Å². The van der Waals surface area contributed by atoms with E-state index in [0.29, 0.717) is 19.0 Å². The number of aliphatic hydroxyl groups is 1. The Morgan fingerprint density at radius 1 is 1.43 bits per heavy atom. The number of β-amino-alcohol motifs (C(OH)–C–C–N with tert-alkyl or cyclic N) is 1. The van der Waals surface area contributed by atoms with E-state index in [1.807, 2.05) is 32.3 Å². The van der Waals surface area contributed by atoms with Gasteiger partial charge < -0.3 is 15.7 Å². The number of amidine groups is 1. The highest BCUT2D eigenvalue weighted by molar-refractivity contribution is 5.77. The van der Waals surface area contributed by atoms with Gasteiger partial charge in [-0.25, -0.2) is 0 Å². The average molecular weight is 290 g/mol. The molecule has 0 radical (unpaired) electrons. The molecule has 2 rings (SSSR count). The van der Waals surface area contributed by atoms with Crippen LogP contribution in [0.4, 0.5) is 0 Å². The zero-order valence-corrected chi connectivity index (χ0v) is 12.9. The third-order valence-electron chi connectivity index (χ3n) is 4.01. The predicted octanol–water partition coefficient (Wildman–Crippen LogP) is 1.05. The summed E-state index contributed by atoms with van der Waals surface area (Å²) in [6.07, 6.45) is 0.980. The summed E-state index contributed by atoms with van der Waals surface area (Å²) >= 11 is 0. The second kappa shape index (κ2) is 7.02. The van der Waals surface area contributed by atoms with Crippen molar-refractivity contribution in [1.29, 1.82) is 5.41 Å². The zero-order chi connectivity index (χ0) is 15.4. The van der Waals surface area contributed by atoms with Crippen molar-refractivity contribution in [2.75, 3.05) is 27.2 Å². The van der Waals surface area contributed by atoms with Gasteiger partial charge >= 0.3 is 0 Å². The molecule has 4 N–H and O–H groups in total. The topological polar surface area (TPSA) is 76.6 Å². The van der Waals surface area contributed by atoms with E-state index in [2.05, 4.69) is 21.9 Å². The van der Waals surface area contributed by atoms with Gasteiger partial charge in [0.15, 0.2) is 0 Å². The van der Waals surface area contributed by atoms with Gasteiger partial charge in [-0.3, -0.25) is 10.3 Å². The van der Waals surface area contributed by atoms with Gasteiger partial charge in [-0.15, -0.1) is 0 Å². The number of nitrogens with zero attached hydrogens (tertiary/aromatic N) is 2. The SMILES string of the molecule is CN(C)CC1CC(O)CN1C(CC(=N)N)c1ccccc1. The van der Waals surface area contributed by atoms with Gasteiger partial charge in [-0.05, 0) is 26.1 Å². The lowest BCUT2D eigenvalue weighted by molar-refractivity contribution is 0.138. The van der Waals surface area contributed by atoms with E-state index in [0.717, 1.165) is 18.5 Å². The first-order chi connectivity index (χ1) is 9.97. The highest BCUT2D eigenvalue weighted by atomic mass is 16.3. The van der Waals surface area contributed by atoms with E-state index < -0.39 is 0 Å². The largest absolute Gasteiger partial charge is 0.392 e. The monoisotopic (exact) mass is 290 g/mol. The normalized spacial score (nSPS) is 24.4. The van der Waals surface area contributed by atoms with Gasteiger partial charge in [0.05, 0.1) is 11.9 Å². The van der Waals surface area contributed by atoms with Crippen LogP contribution >= 0.6 is 0 Å². The van der Waals surface area contributed by atoms with Gasteiger partial charge in [0.25, 0.3) is 0 Å². The van der Waals surface area contributed by atoms with Crippen molar-refractivity contribution in [2.24, 2.45) is 5.73 Å². The molecule has 3 atom stereocenters. The van der Waals surface area contributed by atoms with Crippen LogP contribution < -0.4 is 5.73 Å². The summed E-state index contributed by atoms with van der Waals surface area (Å²) in [5.74, 6) is 0.189. The number of likely N-dealkylation sites (N-methyl/N-ethyl adjacent to an activating group) is 1. The molecule has 1 heterocycles. The quantitative estimate of drug-likeness (QED) is 0.541. The van der Waals surface area contributed by atoms with Crippen LogP contribution in [0.25, 0.3) is 0 Å². The zero-order valence-electron chi connectivity index (χ0n) is 12.9. The molecule has 5 nitrogen and oxygen atoms in total. The lowest BCUT2D eigenvalue weighted by Gasteiger charge is -2.34. The predicted molar refractivity (Wildman–Crippen MR) is 85.4 cm³/mol. The second-order valence-electron chi connectivity index (χ2n) is 6.16. The average Bonchev–Trinajstić information content (AvgIpc) is 2.76. The van der Waals surface area contributed by atoms with Gasteiger partial charge in [-0.2, -0.15) is 0 Å². The number of hydrogen-bond acceptors (Lipinski definition) is 4. The van der Waals surface area contributed by atoms with Crippen molar-refractivity contribution >= 4 is 5.84 Å². The lowest BCUT2D eigenvalue weighted by Crippen LogP contribution is -2.41. The number of aliphatic hydroxyl groups excluding tert-OH is 1. The number of nitrogens with two attached hydrogens (primary N) is 1. The molecule has 0 amide bonds. The standard InChI is InChI=1S/C16H26N4O/c1-19(2)10-13-8-14(21)11-20(13)15(9-16(17)18)12-6-4-3-5-7-12/h3-7,13-15,21H,8-11H2,1-2H3,(H3,17,18). The maximum atomic E-state index is 10.1. The molecule has 1 fully saturated rings. The Hall–Kier alpha value is -1.43. The fourth-order valence-corrected chi connectivity index (χ4v) is 3.21. The Labute approximate surface area is 126 Å². The van der Waals surface area contributed by atoms with Gasteiger partial charge in [0, 0.05) is 31.6 Å². The fourth-order valence-electron chi connectivity index (χ4n) is 3.21. The van der Waals surface area contributed by atoms with Crippen LogP contribution in [-0.2, 0) is 0 Å². The minimum absolute atomic E-state index is 0.0609. The minimum atomic E-state index is -0.298. The van der Waals surface area contributed by atoms with Crippen LogP contribution in [0.5, 0.6) is 0 Å². The minimum Gasteiger partial charge on any atom is -0.392 e. The lowest BCUT2D eigenvalue weighted by atomic mass is 10.0. The number of hydrogen-bond donors (Lipinski definition) is 3. The molecule has 21 heavy (non-hydrogen) atoms. The Kier molecular flexibility index (Phi) is 5.33. The van der Waals surface area contributed by atoms with E-state index >= 15 is 0 Å². The Bertz CT molecular complexity index is 463. The first kappa shape index (κ1) is 15.9. The van der Waals surface area contributed by atoms with Gasteiger partial charge in [0.1, 0.15) is 0 Å². The fraction of sp³-hybridized carbons (Fsp3) is 0.562. The molecule has 0 bridgehead atoms. The molecule has 1 aliphatic heterocycles. The first-order valence-electron chi connectivity index (χ1n) is 7.43. The third-order valence-corrected chi connectivity index (χ3v) is 4.01. The molecule has 0 saturated carbocycles. The molecule has 116 valence electrons. The van der Waals surface area contributed by atoms with E-state index in [-0.39, 0.29) is 18.0 Å². The van der Waals surface area contributed by atoms with Crippen molar-refractivity contribution in [2.45, 2.75) is 31.0 Å². The highest BCUT2D eigenvalue weighted by Crippen LogP contribution is 2.32. The van der Waals surface area contributed by atoms with E-state index in [1.54, 1.807) is 0 Å². The van der Waals surface area contributed by atoms with E-state index in [9.17, 15) is 5.11 Å². The molecule has 1 saturated heterocycles. The molecule has 5 heteroatoms. The van der Waals surface area contributed by atoms with Gasteiger partial charge in [0.2, 0.25) is 0 Å². The van der Waals surface area contributed by atoms with E-state index in [1.165, 1.54) is 0 Å². The third kappa shape index (κ3) is 4.27. The summed E-state index contributed by atoms with van der Waals surface area (Å²) in [6.45, 7) is 1.55. The smallest absolute Gasteiger partial charge is 0.0924 e. The number of benzene rings is 1. The second-order valence-corrected chi connectivity index (χ2v) is 6.16. The molecule has 1 aromatic carbocycles. The Balaban J connectivity index is 2.24. The van der Waals surface area contributed by atoms with Crippen molar-refractivity contribution in [3.63, 3.8) is 0 Å². The van der Waals surface area contributed by atoms with Crippen molar-refractivity contribution < 1.29 is 5.11 Å². The molecule has 3 unspecified atom stereocenters. The maximum Gasteiger partial charge on any atom is 0.0924 e. The summed E-state index contributed by atoms with van der Waals surface area (Å²) in [5, 5.41) is 17.7. The Morgan fingerprint density at radius 2 is 2.10 bits per heavy atom. The molecule has 1 aromatic rings. The van der Waals surface area contributed by atoms with Crippen LogP contribution in [0.3, 0.4) is 0 Å². The summed E-state index contributed by atoms with van der Waals surface area (Å²) < 4.78 is 0. The van der Waals surface area contributed by atoms with Gasteiger partial charge in [-0.1, -0.05) is 30.3 Å². The summed E-state index contributed by atoms with van der Waals surface area (Å²) in [4.78, 5) is 4.45. The van der Waals surface area contributed by atoms with Crippen LogP contribution in [-0.4, -0.2) is 60.1 Å². The van der Waals surface area contributed by atoms with Crippen molar-refractivity contribution in [3.05, 3.63) is 35.9 Å². The number of nitrogens with one attached hydrogen (secondary N) is 1. The van der Waals surface area contributed by atoms with Crippen LogP contribution in [0, 0.1) is 5.41 Å². The van der Waals surface area contributed by atoms with Crippen molar-refractivity contribution in [1.82, 2.24) is 9.80 Å². The summed E-state index contributed by atoms with van der Waals surface area (Å²) in [5.41, 5.74) is 6.82. The number of likely N-dealkylation sites (tertiary alicyclic amines) is 1. The number of rotatable bonds is 6. The van der Waals surface area contributed by atoms with Crippen LogP contribution in [0.2, 0.25) is 0 Å². The summed E-state index contributed by atoms with van der Waals surface area (Å²) in [7, 11) is 4.09. The molecular weight excluding hydrogens is 264 g/mol. The molecule has 0 spiro atoms. The first-order valence-corrected chi connectivity index (χ1v) is 7.43. The van der Waals surface area contributed by atoms with Crippen LogP contribution in [0.1, 0.15) is 24.4 Å². The van der Waals surface area contributed by atoms with Crippen molar-refractivity contribution in [3.8, 4) is 0 Å². The van der Waals surface area contributed by atoms with Crippen LogP contribution in [0.15, 0.2) is 30.3 Å². The Morgan fingerprint density at radius 3 is 2.67 bits per heavy atom. The highest BCUT2D eigenvalue weighted by Gasteiger charge is 2.36. The molecule has 0 aromatic heterocycles. The molecular formula is C16H26N4O. The maximum absolute atomic E-state index is 10.1. The molecule has 0 aliphatic carbocycles. The molecule has 1 aliphatic rings.